The lowest BCUT2D eigenvalue weighted by molar-refractivity contribution is -0.132. The van der Waals surface area contributed by atoms with Crippen LogP contribution in [-0.2, 0) is 9.59 Å². The van der Waals surface area contributed by atoms with Crippen LogP contribution in [0.5, 0.6) is 5.75 Å². The van der Waals surface area contributed by atoms with Crippen molar-refractivity contribution < 1.29 is 19.4 Å². The van der Waals surface area contributed by atoms with Crippen LogP contribution in [0.1, 0.15) is 27.6 Å². The molecule has 1 amide bonds. The molecule has 1 aliphatic heterocycles. The summed E-state index contributed by atoms with van der Waals surface area (Å²) in [5, 5.41) is 13.0. The van der Waals surface area contributed by atoms with E-state index in [1.165, 1.54) is 23.3 Å². The number of aliphatic hydroxyl groups is 1. The van der Waals surface area contributed by atoms with Gasteiger partial charge in [-0.3, -0.25) is 14.5 Å². The molecular weight excluding hydrogens is 398 g/mol. The molecule has 1 unspecified atom stereocenters. The van der Waals surface area contributed by atoms with Gasteiger partial charge >= 0.3 is 0 Å². The number of ketones is 1. The van der Waals surface area contributed by atoms with E-state index in [0.29, 0.717) is 17.0 Å². The van der Waals surface area contributed by atoms with Crippen LogP contribution in [-0.4, -0.2) is 23.9 Å². The number of nitrogens with zero attached hydrogens (tertiary/aromatic N) is 1. The monoisotopic (exact) mass is 419 g/mol. The predicted octanol–water partition coefficient (Wildman–Crippen LogP) is 5.00. The minimum Gasteiger partial charge on any atom is -0.507 e. The molecule has 1 saturated heterocycles. The van der Waals surface area contributed by atoms with E-state index in [9.17, 15) is 14.7 Å². The Bertz CT molecular complexity index is 1160. The number of rotatable bonds is 4. The van der Waals surface area contributed by atoms with Crippen molar-refractivity contribution in [1.82, 2.24) is 0 Å². The molecule has 0 saturated carbocycles. The molecule has 0 spiro atoms. The maximum Gasteiger partial charge on any atom is 0.300 e. The van der Waals surface area contributed by atoms with Crippen LogP contribution in [0.4, 0.5) is 5.69 Å². The summed E-state index contributed by atoms with van der Waals surface area (Å²) >= 11 is 1.43. The van der Waals surface area contributed by atoms with E-state index in [1.807, 2.05) is 49.6 Å². The number of anilines is 1. The van der Waals surface area contributed by atoms with Crippen LogP contribution in [0.2, 0.25) is 0 Å². The Balaban J connectivity index is 1.95. The highest BCUT2D eigenvalue weighted by Gasteiger charge is 2.47. The van der Waals surface area contributed by atoms with E-state index in [4.69, 9.17) is 4.74 Å². The fraction of sp³-hybridized carbons (Fsp3) is 0.167. The second kappa shape index (κ2) is 7.80. The third-order valence-electron chi connectivity index (χ3n) is 5.39. The zero-order valence-electron chi connectivity index (χ0n) is 16.9. The van der Waals surface area contributed by atoms with Crippen LogP contribution in [0.25, 0.3) is 5.76 Å². The average Bonchev–Trinajstić information content (AvgIpc) is 3.37. The van der Waals surface area contributed by atoms with E-state index >= 15 is 0 Å². The third-order valence-corrected chi connectivity index (χ3v) is 6.31. The first kappa shape index (κ1) is 19.9. The molecule has 3 aromatic rings. The number of aryl methyl sites for hydroxylation is 2. The first-order valence-corrected chi connectivity index (χ1v) is 10.4. The van der Waals surface area contributed by atoms with Crippen molar-refractivity contribution in [3.63, 3.8) is 0 Å². The Labute approximate surface area is 178 Å². The fourth-order valence-corrected chi connectivity index (χ4v) is 4.50. The van der Waals surface area contributed by atoms with Gasteiger partial charge in [-0.05, 0) is 60.7 Å². The third kappa shape index (κ3) is 3.19. The summed E-state index contributed by atoms with van der Waals surface area (Å²) in [5.41, 5.74) is 3.17. The summed E-state index contributed by atoms with van der Waals surface area (Å²) in [4.78, 5) is 28.5. The molecule has 2 aromatic carbocycles. The zero-order valence-corrected chi connectivity index (χ0v) is 17.7. The molecule has 1 fully saturated rings. The number of thiophene rings is 1. The van der Waals surface area contributed by atoms with Crippen molar-refractivity contribution in [1.29, 1.82) is 0 Å². The van der Waals surface area contributed by atoms with E-state index in [0.717, 1.165) is 16.0 Å². The molecule has 5 nitrogen and oxygen atoms in total. The summed E-state index contributed by atoms with van der Waals surface area (Å²) in [7, 11) is 1.50. The molecule has 0 radical (unpaired) electrons. The maximum atomic E-state index is 13.1. The smallest absolute Gasteiger partial charge is 0.300 e. The van der Waals surface area contributed by atoms with Gasteiger partial charge in [-0.2, -0.15) is 0 Å². The number of carbonyl (C=O) groups excluding carboxylic acids is 2. The van der Waals surface area contributed by atoms with Crippen LogP contribution in [0, 0.1) is 13.8 Å². The highest BCUT2D eigenvalue weighted by Crippen LogP contribution is 2.44. The predicted molar refractivity (Wildman–Crippen MR) is 118 cm³/mol. The molecule has 1 aromatic heterocycles. The number of ether oxygens (including phenoxy) is 1. The number of hydrogen-bond donors (Lipinski definition) is 1. The number of carbonyl (C=O) groups is 2. The maximum absolute atomic E-state index is 13.1. The van der Waals surface area contributed by atoms with E-state index in [2.05, 4.69) is 0 Å². The molecule has 6 heteroatoms. The standard InChI is InChI=1S/C24H21NO4S/c1-14-10-11-16(13-15(14)2)25-21(19-9-6-12-30-19)20(23(27)24(25)28)22(26)17-7-4-5-8-18(17)29-3/h4-13,21,26H,1-3H3/b22-20-. The highest BCUT2D eigenvalue weighted by molar-refractivity contribution is 7.10. The summed E-state index contributed by atoms with van der Waals surface area (Å²) < 4.78 is 5.35. The number of Topliss-reactive ketones (excluding diaryl/α,β-unsaturated/α-hetero) is 1. The van der Waals surface area contributed by atoms with Crippen LogP contribution in [0.15, 0.2) is 65.6 Å². The molecule has 4 rings (SSSR count). The molecule has 0 aliphatic carbocycles. The number of para-hydroxylation sites is 1. The van der Waals surface area contributed by atoms with Crippen LogP contribution in [0.3, 0.4) is 0 Å². The molecule has 0 bridgehead atoms. The van der Waals surface area contributed by atoms with Crippen molar-refractivity contribution in [2.75, 3.05) is 12.0 Å². The summed E-state index contributed by atoms with van der Waals surface area (Å²) in [6.07, 6.45) is 0. The zero-order chi connectivity index (χ0) is 21.4. The Morgan fingerprint density at radius 2 is 1.80 bits per heavy atom. The van der Waals surface area contributed by atoms with E-state index in [-0.39, 0.29) is 11.3 Å². The summed E-state index contributed by atoms with van der Waals surface area (Å²) in [6, 6.07) is 15.6. The van der Waals surface area contributed by atoms with Gasteiger partial charge in [0.1, 0.15) is 17.6 Å². The number of benzene rings is 2. The number of methoxy groups -OCH3 is 1. The van der Waals surface area contributed by atoms with Crippen molar-refractivity contribution >= 4 is 34.5 Å². The van der Waals surface area contributed by atoms with E-state index < -0.39 is 17.7 Å². The fourth-order valence-electron chi connectivity index (χ4n) is 3.68. The first-order valence-electron chi connectivity index (χ1n) is 9.49. The van der Waals surface area contributed by atoms with Gasteiger partial charge in [0, 0.05) is 10.6 Å². The highest BCUT2D eigenvalue weighted by atomic mass is 32.1. The summed E-state index contributed by atoms with van der Waals surface area (Å²) in [6.45, 7) is 3.95. The van der Waals surface area contributed by atoms with Crippen molar-refractivity contribution in [3.8, 4) is 5.75 Å². The van der Waals surface area contributed by atoms with Crippen molar-refractivity contribution in [3.05, 3.63) is 87.1 Å². The minimum absolute atomic E-state index is 0.0604. The number of amides is 1. The Morgan fingerprint density at radius 1 is 1.03 bits per heavy atom. The van der Waals surface area contributed by atoms with Gasteiger partial charge in [-0.25, -0.2) is 0 Å². The average molecular weight is 420 g/mol. The van der Waals surface area contributed by atoms with Crippen molar-refractivity contribution in [2.45, 2.75) is 19.9 Å². The van der Waals surface area contributed by atoms with Gasteiger partial charge in [0.05, 0.1) is 18.2 Å². The molecule has 1 N–H and O–H groups in total. The van der Waals surface area contributed by atoms with Gasteiger partial charge in [0.15, 0.2) is 0 Å². The van der Waals surface area contributed by atoms with Crippen molar-refractivity contribution in [2.24, 2.45) is 0 Å². The Hall–Kier alpha value is -3.38. The van der Waals surface area contributed by atoms with Gasteiger partial charge in [-0.15, -0.1) is 11.3 Å². The van der Waals surface area contributed by atoms with Gasteiger partial charge in [0.2, 0.25) is 0 Å². The van der Waals surface area contributed by atoms with Gasteiger partial charge in [-0.1, -0.05) is 24.3 Å². The molecular formula is C24H21NO4S. The lowest BCUT2D eigenvalue weighted by Gasteiger charge is -2.25. The normalized spacial score (nSPS) is 18.1. The lowest BCUT2D eigenvalue weighted by atomic mass is 9.99. The lowest BCUT2D eigenvalue weighted by Crippen LogP contribution is -2.29. The largest absolute Gasteiger partial charge is 0.507 e. The quantitative estimate of drug-likeness (QED) is 0.367. The second-order valence-electron chi connectivity index (χ2n) is 7.15. The number of aliphatic hydroxyl groups excluding tert-OH is 1. The molecule has 2 heterocycles. The minimum atomic E-state index is -0.713. The first-order chi connectivity index (χ1) is 14.4. The Kier molecular flexibility index (Phi) is 5.18. The topological polar surface area (TPSA) is 66.8 Å². The molecule has 152 valence electrons. The molecule has 1 aliphatic rings. The van der Waals surface area contributed by atoms with Gasteiger partial charge in [0.25, 0.3) is 11.7 Å². The van der Waals surface area contributed by atoms with Gasteiger partial charge < -0.3 is 9.84 Å². The molecule has 30 heavy (non-hydrogen) atoms. The van der Waals surface area contributed by atoms with Crippen LogP contribution < -0.4 is 9.64 Å². The molecule has 1 atom stereocenters. The summed E-state index contributed by atoms with van der Waals surface area (Å²) in [5.74, 6) is -1.18. The SMILES string of the molecule is COc1ccccc1/C(O)=C1/C(=O)C(=O)N(c2ccc(C)c(C)c2)C1c1cccs1. The second-order valence-corrected chi connectivity index (χ2v) is 8.13. The number of hydrogen-bond acceptors (Lipinski definition) is 5. The van der Waals surface area contributed by atoms with Crippen LogP contribution >= 0.6 is 11.3 Å². The Morgan fingerprint density at radius 3 is 2.47 bits per heavy atom. The van der Waals surface area contributed by atoms with E-state index in [1.54, 1.807) is 24.3 Å².